The second-order valence-electron chi connectivity index (χ2n) is 3.69. The molecule has 0 aromatic carbocycles. The first-order chi connectivity index (χ1) is 6.69. The number of hydrogen-bond acceptors (Lipinski definition) is 3. The van der Waals surface area contributed by atoms with Crippen LogP contribution in [0.3, 0.4) is 0 Å². The SMILES string of the molecule is CCN(CC)C(=O)OC1CCCC1N. The summed E-state index contributed by atoms with van der Waals surface area (Å²) < 4.78 is 5.33. The molecular formula is C10H20N2O2. The number of nitrogens with two attached hydrogens (primary N) is 1. The maximum atomic E-state index is 11.6. The van der Waals surface area contributed by atoms with E-state index in [-0.39, 0.29) is 18.2 Å². The minimum atomic E-state index is -0.225. The molecule has 0 aliphatic heterocycles. The van der Waals surface area contributed by atoms with Gasteiger partial charge in [-0.2, -0.15) is 0 Å². The lowest BCUT2D eigenvalue weighted by atomic mass is 10.2. The summed E-state index contributed by atoms with van der Waals surface area (Å²) in [4.78, 5) is 13.2. The van der Waals surface area contributed by atoms with Gasteiger partial charge in [0.05, 0.1) is 0 Å². The highest BCUT2D eigenvalue weighted by Gasteiger charge is 2.28. The van der Waals surface area contributed by atoms with E-state index in [0.29, 0.717) is 13.1 Å². The van der Waals surface area contributed by atoms with E-state index in [1.54, 1.807) is 4.90 Å². The van der Waals surface area contributed by atoms with Crippen molar-refractivity contribution in [3.63, 3.8) is 0 Å². The van der Waals surface area contributed by atoms with Crippen molar-refractivity contribution in [2.24, 2.45) is 5.73 Å². The van der Waals surface area contributed by atoms with Gasteiger partial charge in [0.2, 0.25) is 0 Å². The lowest BCUT2D eigenvalue weighted by Crippen LogP contribution is -2.39. The lowest BCUT2D eigenvalue weighted by molar-refractivity contribution is 0.0616. The van der Waals surface area contributed by atoms with Crippen LogP contribution in [0, 0.1) is 0 Å². The number of nitrogens with zero attached hydrogens (tertiary/aromatic N) is 1. The van der Waals surface area contributed by atoms with Crippen molar-refractivity contribution >= 4 is 6.09 Å². The molecule has 0 bridgehead atoms. The minimum Gasteiger partial charge on any atom is -0.444 e. The average molecular weight is 200 g/mol. The molecule has 2 N–H and O–H groups in total. The van der Waals surface area contributed by atoms with E-state index in [4.69, 9.17) is 10.5 Å². The molecule has 0 aromatic heterocycles. The van der Waals surface area contributed by atoms with Crippen molar-refractivity contribution in [2.75, 3.05) is 13.1 Å². The smallest absolute Gasteiger partial charge is 0.410 e. The Morgan fingerprint density at radius 2 is 2.07 bits per heavy atom. The van der Waals surface area contributed by atoms with Crippen LogP contribution in [-0.4, -0.2) is 36.2 Å². The van der Waals surface area contributed by atoms with Crippen molar-refractivity contribution in [1.29, 1.82) is 0 Å². The van der Waals surface area contributed by atoms with E-state index in [9.17, 15) is 4.79 Å². The molecule has 0 radical (unpaired) electrons. The Morgan fingerprint density at radius 3 is 2.50 bits per heavy atom. The van der Waals surface area contributed by atoms with E-state index < -0.39 is 0 Å². The zero-order valence-corrected chi connectivity index (χ0v) is 9.03. The van der Waals surface area contributed by atoms with Crippen LogP contribution in [0.1, 0.15) is 33.1 Å². The number of rotatable bonds is 3. The summed E-state index contributed by atoms with van der Waals surface area (Å²) in [5, 5.41) is 0. The first kappa shape index (κ1) is 11.3. The fourth-order valence-corrected chi connectivity index (χ4v) is 1.79. The van der Waals surface area contributed by atoms with Crippen molar-refractivity contribution in [3.8, 4) is 0 Å². The molecular weight excluding hydrogens is 180 g/mol. The third kappa shape index (κ3) is 2.61. The predicted molar refractivity (Wildman–Crippen MR) is 55.0 cm³/mol. The monoisotopic (exact) mass is 200 g/mol. The Hall–Kier alpha value is -0.770. The highest BCUT2D eigenvalue weighted by molar-refractivity contribution is 5.67. The van der Waals surface area contributed by atoms with Gasteiger partial charge in [0.15, 0.2) is 0 Å². The molecule has 1 saturated carbocycles. The summed E-state index contributed by atoms with van der Waals surface area (Å²) in [5.41, 5.74) is 5.81. The largest absolute Gasteiger partial charge is 0.444 e. The number of carbonyl (C=O) groups excluding carboxylic acids is 1. The molecule has 4 nitrogen and oxygen atoms in total. The maximum absolute atomic E-state index is 11.6. The summed E-state index contributed by atoms with van der Waals surface area (Å²) in [6.07, 6.45) is 2.65. The van der Waals surface area contributed by atoms with Crippen molar-refractivity contribution in [2.45, 2.75) is 45.3 Å². The Labute approximate surface area is 85.4 Å². The summed E-state index contributed by atoms with van der Waals surface area (Å²) >= 11 is 0. The standard InChI is InChI=1S/C10H20N2O2/c1-3-12(4-2)10(13)14-9-7-5-6-8(9)11/h8-9H,3-7,11H2,1-2H3. The van der Waals surface area contributed by atoms with Gasteiger partial charge in [0, 0.05) is 19.1 Å². The Morgan fingerprint density at radius 1 is 1.43 bits per heavy atom. The molecule has 1 rings (SSSR count). The van der Waals surface area contributed by atoms with Crippen LogP contribution in [0.4, 0.5) is 4.79 Å². The Balaban J connectivity index is 2.39. The highest BCUT2D eigenvalue weighted by atomic mass is 16.6. The van der Waals surface area contributed by atoms with Crippen LogP contribution in [0.2, 0.25) is 0 Å². The quantitative estimate of drug-likeness (QED) is 0.748. The molecule has 1 fully saturated rings. The van der Waals surface area contributed by atoms with Gasteiger partial charge in [-0.15, -0.1) is 0 Å². The fourth-order valence-electron chi connectivity index (χ4n) is 1.79. The fraction of sp³-hybridized carbons (Fsp3) is 0.900. The number of amides is 1. The maximum Gasteiger partial charge on any atom is 0.410 e. The van der Waals surface area contributed by atoms with Crippen molar-refractivity contribution in [1.82, 2.24) is 4.90 Å². The lowest BCUT2D eigenvalue weighted by Gasteiger charge is -2.23. The van der Waals surface area contributed by atoms with Gasteiger partial charge in [-0.3, -0.25) is 0 Å². The van der Waals surface area contributed by atoms with Crippen LogP contribution in [0.15, 0.2) is 0 Å². The molecule has 14 heavy (non-hydrogen) atoms. The zero-order valence-electron chi connectivity index (χ0n) is 9.03. The first-order valence-corrected chi connectivity index (χ1v) is 5.40. The summed E-state index contributed by atoms with van der Waals surface area (Å²) in [6, 6.07) is 0.0366. The van der Waals surface area contributed by atoms with E-state index in [1.165, 1.54) is 0 Å². The van der Waals surface area contributed by atoms with Crippen LogP contribution in [0.25, 0.3) is 0 Å². The summed E-state index contributed by atoms with van der Waals surface area (Å²) in [5.74, 6) is 0. The van der Waals surface area contributed by atoms with Crippen LogP contribution >= 0.6 is 0 Å². The topological polar surface area (TPSA) is 55.6 Å². The predicted octanol–water partition coefficient (Wildman–Crippen LogP) is 1.34. The Bertz CT molecular complexity index is 193. The average Bonchev–Trinajstić information content (AvgIpc) is 2.54. The van der Waals surface area contributed by atoms with Crippen molar-refractivity contribution < 1.29 is 9.53 Å². The molecule has 4 heteroatoms. The van der Waals surface area contributed by atoms with Gasteiger partial charge in [0.1, 0.15) is 6.10 Å². The molecule has 0 heterocycles. The minimum absolute atomic E-state index is 0.0366. The third-order valence-corrected chi connectivity index (χ3v) is 2.78. The number of ether oxygens (including phenoxy) is 1. The van der Waals surface area contributed by atoms with Gasteiger partial charge < -0.3 is 15.4 Å². The second kappa shape index (κ2) is 5.20. The second-order valence-corrected chi connectivity index (χ2v) is 3.69. The molecule has 1 aliphatic carbocycles. The van der Waals surface area contributed by atoms with Crippen LogP contribution in [-0.2, 0) is 4.74 Å². The molecule has 0 aromatic rings. The molecule has 0 saturated heterocycles. The van der Waals surface area contributed by atoms with E-state index in [2.05, 4.69) is 0 Å². The van der Waals surface area contributed by atoms with Gasteiger partial charge >= 0.3 is 6.09 Å². The first-order valence-electron chi connectivity index (χ1n) is 5.40. The summed E-state index contributed by atoms with van der Waals surface area (Å²) in [7, 11) is 0. The van der Waals surface area contributed by atoms with Crippen LogP contribution < -0.4 is 5.73 Å². The number of hydrogen-bond donors (Lipinski definition) is 1. The Kier molecular flexibility index (Phi) is 4.20. The third-order valence-electron chi connectivity index (χ3n) is 2.78. The van der Waals surface area contributed by atoms with E-state index in [0.717, 1.165) is 19.3 Å². The van der Waals surface area contributed by atoms with E-state index >= 15 is 0 Å². The summed E-state index contributed by atoms with van der Waals surface area (Å²) in [6.45, 7) is 5.27. The number of carbonyl (C=O) groups is 1. The normalized spacial score (nSPS) is 26.2. The van der Waals surface area contributed by atoms with Crippen LogP contribution in [0.5, 0.6) is 0 Å². The van der Waals surface area contributed by atoms with Gasteiger partial charge in [0.25, 0.3) is 0 Å². The molecule has 1 aliphatic rings. The van der Waals surface area contributed by atoms with Crippen molar-refractivity contribution in [3.05, 3.63) is 0 Å². The van der Waals surface area contributed by atoms with E-state index in [1.807, 2.05) is 13.8 Å². The van der Waals surface area contributed by atoms with Gasteiger partial charge in [-0.05, 0) is 33.1 Å². The molecule has 1 amide bonds. The molecule has 2 atom stereocenters. The molecule has 0 spiro atoms. The van der Waals surface area contributed by atoms with Gasteiger partial charge in [-0.1, -0.05) is 0 Å². The molecule has 2 unspecified atom stereocenters. The highest BCUT2D eigenvalue weighted by Crippen LogP contribution is 2.20. The molecule has 82 valence electrons. The van der Waals surface area contributed by atoms with Gasteiger partial charge in [-0.25, -0.2) is 4.79 Å². The zero-order chi connectivity index (χ0) is 10.6.